The minimum absolute atomic E-state index is 0.107. The van der Waals surface area contributed by atoms with Gasteiger partial charge in [-0.2, -0.15) is 0 Å². The zero-order valence-electron chi connectivity index (χ0n) is 8.03. The Morgan fingerprint density at radius 3 is 2.53 bits per heavy atom. The lowest BCUT2D eigenvalue weighted by Crippen LogP contribution is -2.21. The Morgan fingerprint density at radius 2 is 2.00 bits per heavy atom. The summed E-state index contributed by atoms with van der Waals surface area (Å²) in [6, 6.07) is 4.05. The summed E-state index contributed by atoms with van der Waals surface area (Å²) >= 11 is 5.59. The van der Waals surface area contributed by atoms with Crippen LogP contribution in [0.1, 0.15) is 24.5 Å². The molecule has 1 aromatic rings. The van der Waals surface area contributed by atoms with E-state index >= 15 is 0 Å². The summed E-state index contributed by atoms with van der Waals surface area (Å²) in [6.45, 7) is 0. The van der Waals surface area contributed by atoms with E-state index in [1.54, 1.807) is 0 Å². The highest BCUT2D eigenvalue weighted by Gasteiger charge is 2.35. The number of benzene rings is 1. The Balaban J connectivity index is 2.20. The highest BCUT2D eigenvalue weighted by Crippen LogP contribution is 2.38. The van der Waals surface area contributed by atoms with Crippen LogP contribution in [0, 0.1) is 11.7 Å². The van der Waals surface area contributed by atoms with Gasteiger partial charge in [-0.15, -0.1) is 0 Å². The first kappa shape index (κ1) is 10.9. The Morgan fingerprint density at radius 1 is 1.33 bits per heavy atom. The molecule has 0 aliphatic heterocycles. The van der Waals surface area contributed by atoms with Crippen LogP contribution in [0.4, 0.5) is 4.39 Å². The maximum Gasteiger partial charge on any atom is 0.130 e. The smallest absolute Gasteiger partial charge is 0.130 e. The second kappa shape index (κ2) is 4.08. The average molecular weight is 231 g/mol. The van der Waals surface area contributed by atoms with E-state index in [2.05, 4.69) is 0 Å². The minimum Gasteiger partial charge on any atom is -0.390 e. The first-order valence-corrected chi connectivity index (χ1v) is 5.28. The summed E-state index contributed by atoms with van der Waals surface area (Å²) in [4.78, 5) is 0. The van der Waals surface area contributed by atoms with Crippen LogP contribution in [0.3, 0.4) is 0 Å². The van der Waals surface area contributed by atoms with Crippen molar-refractivity contribution in [1.82, 2.24) is 0 Å². The van der Waals surface area contributed by atoms with E-state index < -0.39 is 18.0 Å². The van der Waals surface area contributed by atoms with Gasteiger partial charge in [0.25, 0.3) is 0 Å². The molecular weight excluding hydrogens is 219 g/mol. The molecule has 2 nitrogen and oxygen atoms in total. The molecule has 0 radical (unpaired) electrons. The Kier molecular flexibility index (Phi) is 2.96. The molecule has 0 bridgehead atoms. The normalized spacial score (nSPS) is 20.0. The predicted octanol–water partition coefficient (Wildman–Crippen LogP) is 2.28. The fraction of sp³-hybridized carbons (Fsp3) is 0.455. The molecule has 1 fully saturated rings. The predicted molar refractivity (Wildman–Crippen MR) is 55.1 cm³/mol. The Bertz CT molecular complexity index is 366. The molecule has 1 saturated carbocycles. The van der Waals surface area contributed by atoms with E-state index in [4.69, 9.17) is 11.6 Å². The maximum absolute atomic E-state index is 13.4. The van der Waals surface area contributed by atoms with Gasteiger partial charge in [0, 0.05) is 10.6 Å². The van der Waals surface area contributed by atoms with Crippen molar-refractivity contribution < 1.29 is 14.6 Å². The van der Waals surface area contributed by atoms with Crippen LogP contribution >= 0.6 is 11.6 Å². The van der Waals surface area contributed by atoms with E-state index in [0.717, 1.165) is 18.9 Å². The zero-order chi connectivity index (χ0) is 11.0. The van der Waals surface area contributed by atoms with E-state index in [1.807, 2.05) is 0 Å². The van der Waals surface area contributed by atoms with Crippen molar-refractivity contribution in [2.45, 2.75) is 25.0 Å². The van der Waals surface area contributed by atoms with Crippen LogP contribution in [-0.2, 0) is 0 Å². The topological polar surface area (TPSA) is 40.5 Å². The number of halogens is 2. The molecule has 0 amide bonds. The monoisotopic (exact) mass is 230 g/mol. The lowest BCUT2D eigenvalue weighted by atomic mass is 10.0. The molecule has 1 aromatic carbocycles. The van der Waals surface area contributed by atoms with Gasteiger partial charge >= 0.3 is 0 Å². The van der Waals surface area contributed by atoms with Gasteiger partial charge in [0.1, 0.15) is 11.9 Å². The summed E-state index contributed by atoms with van der Waals surface area (Å²) in [5, 5.41) is 19.7. The molecule has 0 saturated heterocycles. The second-order valence-corrected chi connectivity index (χ2v) is 4.38. The first-order valence-electron chi connectivity index (χ1n) is 4.90. The van der Waals surface area contributed by atoms with E-state index in [1.165, 1.54) is 12.1 Å². The number of hydrogen-bond donors (Lipinski definition) is 2. The van der Waals surface area contributed by atoms with Crippen molar-refractivity contribution in [2.24, 2.45) is 5.92 Å². The van der Waals surface area contributed by atoms with Crippen molar-refractivity contribution in [1.29, 1.82) is 0 Å². The second-order valence-electron chi connectivity index (χ2n) is 3.94. The third-order valence-electron chi connectivity index (χ3n) is 2.71. The Labute approximate surface area is 92.3 Å². The van der Waals surface area contributed by atoms with Gasteiger partial charge in [0.05, 0.1) is 6.10 Å². The van der Waals surface area contributed by atoms with Crippen LogP contribution in [0.25, 0.3) is 0 Å². The number of hydrogen-bond acceptors (Lipinski definition) is 2. The molecule has 1 aliphatic rings. The quantitative estimate of drug-likeness (QED) is 0.837. The number of aliphatic hydroxyl groups is 2. The molecule has 1 aliphatic carbocycles. The Hall–Kier alpha value is -0.640. The van der Waals surface area contributed by atoms with Crippen LogP contribution in [0.15, 0.2) is 18.2 Å². The molecule has 0 spiro atoms. The zero-order valence-corrected chi connectivity index (χ0v) is 8.78. The molecule has 0 heterocycles. The van der Waals surface area contributed by atoms with Gasteiger partial charge in [-0.1, -0.05) is 17.7 Å². The highest BCUT2D eigenvalue weighted by atomic mass is 35.5. The van der Waals surface area contributed by atoms with Crippen molar-refractivity contribution in [2.75, 3.05) is 0 Å². The maximum atomic E-state index is 13.4. The molecular formula is C11H12ClFO2. The largest absolute Gasteiger partial charge is 0.390 e. The number of aliphatic hydroxyl groups excluding tert-OH is 2. The van der Waals surface area contributed by atoms with E-state index in [9.17, 15) is 14.6 Å². The van der Waals surface area contributed by atoms with Gasteiger partial charge < -0.3 is 10.2 Å². The lowest BCUT2D eigenvalue weighted by Gasteiger charge is -2.18. The molecule has 0 aromatic heterocycles. The molecule has 4 heteroatoms. The van der Waals surface area contributed by atoms with Crippen LogP contribution in [0.2, 0.25) is 5.02 Å². The van der Waals surface area contributed by atoms with Gasteiger partial charge in [0.2, 0.25) is 0 Å². The van der Waals surface area contributed by atoms with Gasteiger partial charge in [0.15, 0.2) is 0 Å². The van der Waals surface area contributed by atoms with E-state index in [0.29, 0.717) is 0 Å². The summed E-state index contributed by atoms with van der Waals surface area (Å²) in [5.74, 6) is -0.468. The standard InChI is InChI=1S/C11H12ClFO2/c12-7-3-4-8(9(13)5-7)11(15)10(14)6-1-2-6/h3-6,10-11,14-15H,1-2H2. The SMILES string of the molecule is OC(c1ccc(Cl)cc1F)C(O)C1CC1. The first-order chi connectivity index (χ1) is 7.09. The van der Waals surface area contributed by atoms with Crippen LogP contribution < -0.4 is 0 Å². The molecule has 2 N–H and O–H groups in total. The van der Waals surface area contributed by atoms with Gasteiger partial charge in [-0.25, -0.2) is 4.39 Å². The van der Waals surface area contributed by atoms with E-state index in [-0.39, 0.29) is 16.5 Å². The summed E-state index contributed by atoms with van der Waals surface area (Å²) in [7, 11) is 0. The van der Waals surface area contributed by atoms with Crippen molar-refractivity contribution in [3.63, 3.8) is 0 Å². The van der Waals surface area contributed by atoms with Crippen molar-refractivity contribution in [3.05, 3.63) is 34.6 Å². The highest BCUT2D eigenvalue weighted by molar-refractivity contribution is 6.30. The third-order valence-corrected chi connectivity index (χ3v) is 2.94. The van der Waals surface area contributed by atoms with Crippen LogP contribution in [0.5, 0.6) is 0 Å². The fourth-order valence-electron chi connectivity index (χ4n) is 1.62. The minimum atomic E-state index is -1.16. The molecule has 2 atom stereocenters. The third kappa shape index (κ3) is 2.30. The van der Waals surface area contributed by atoms with Crippen LogP contribution in [-0.4, -0.2) is 16.3 Å². The van der Waals surface area contributed by atoms with Crippen molar-refractivity contribution in [3.8, 4) is 0 Å². The average Bonchev–Trinajstić information content (AvgIpc) is 2.99. The number of rotatable bonds is 3. The van der Waals surface area contributed by atoms with Gasteiger partial charge in [-0.05, 0) is 30.9 Å². The molecule has 2 unspecified atom stereocenters. The van der Waals surface area contributed by atoms with Gasteiger partial charge in [-0.3, -0.25) is 0 Å². The lowest BCUT2D eigenvalue weighted by molar-refractivity contribution is 0.00291. The summed E-state index contributed by atoms with van der Waals surface area (Å²) < 4.78 is 13.4. The molecule has 82 valence electrons. The molecule has 2 rings (SSSR count). The molecule has 15 heavy (non-hydrogen) atoms. The fourth-order valence-corrected chi connectivity index (χ4v) is 1.78. The summed E-state index contributed by atoms with van der Waals surface area (Å²) in [6.07, 6.45) is -0.239. The van der Waals surface area contributed by atoms with Crippen molar-refractivity contribution >= 4 is 11.6 Å². The summed E-state index contributed by atoms with van der Waals surface area (Å²) in [5.41, 5.74) is 0.110.